The zero-order chi connectivity index (χ0) is 17.9. The summed E-state index contributed by atoms with van der Waals surface area (Å²) in [5.74, 6) is 0.693. The molecule has 0 aliphatic heterocycles. The summed E-state index contributed by atoms with van der Waals surface area (Å²) >= 11 is 4.43. The average Bonchev–Trinajstić information content (AvgIpc) is 3.24. The molecule has 2 aromatic heterocycles. The van der Waals surface area contributed by atoms with Gasteiger partial charge in [-0.05, 0) is 28.0 Å². The maximum Gasteiger partial charge on any atom is 0.267 e. The Hall–Kier alpha value is -1.70. The molecule has 1 amide bonds. The van der Waals surface area contributed by atoms with Gasteiger partial charge in [0.2, 0.25) is 5.13 Å². The molecule has 25 heavy (non-hydrogen) atoms. The smallest absolute Gasteiger partial charge is 0.267 e. The van der Waals surface area contributed by atoms with E-state index in [0.29, 0.717) is 10.0 Å². The van der Waals surface area contributed by atoms with Crippen molar-refractivity contribution in [2.45, 2.75) is 36.3 Å². The SMILES string of the molecule is CC(C)(C)c1ccc(CSc2nnc(NC(=O)c3cccs3)s2)cc1. The number of nitrogens with one attached hydrogen (secondary N) is 1. The summed E-state index contributed by atoms with van der Waals surface area (Å²) in [5, 5.41) is 13.4. The zero-order valence-corrected chi connectivity index (χ0v) is 16.7. The molecule has 1 N–H and O–H groups in total. The van der Waals surface area contributed by atoms with Crippen LogP contribution in [0.5, 0.6) is 0 Å². The molecule has 0 saturated carbocycles. The molecule has 0 aliphatic carbocycles. The van der Waals surface area contributed by atoms with Crippen molar-refractivity contribution in [3.8, 4) is 0 Å². The minimum Gasteiger partial charge on any atom is -0.296 e. The normalized spacial score (nSPS) is 11.5. The van der Waals surface area contributed by atoms with E-state index in [0.717, 1.165) is 10.1 Å². The van der Waals surface area contributed by atoms with Gasteiger partial charge in [0.05, 0.1) is 4.88 Å². The molecule has 0 fully saturated rings. The fourth-order valence-electron chi connectivity index (χ4n) is 2.13. The van der Waals surface area contributed by atoms with Gasteiger partial charge >= 0.3 is 0 Å². The number of benzene rings is 1. The summed E-state index contributed by atoms with van der Waals surface area (Å²) in [7, 11) is 0. The zero-order valence-electron chi connectivity index (χ0n) is 14.3. The van der Waals surface area contributed by atoms with Gasteiger partial charge in [0.15, 0.2) is 4.34 Å². The van der Waals surface area contributed by atoms with Gasteiger partial charge in [-0.15, -0.1) is 21.5 Å². The predicted molar refractivity (Wildman–Crippen MR) is 107 cm³/mol. The first-order chi connectivity index (χ1) is 11.9. The first-order valence-electron chi connectivity index (χ1n) is 7.82. The van der Waals surface area contributed by atoms with Crippen LogP contribution in [0.3, 0.4) is 0 Å². The highest BCUT2D eigenvalue weighted by atomic mass is 32.2. The van der Waals surface area contributed by atoms with E-state index in [1.807, 2.05) is 11.4 Å². The van der Waals surface area contributed by atoms with Gasteiger partial charge in [0.25, 0.3) is 5.91 Å². The van der Waals surface area contributed by atoms with Crippen LogP contribution in [-0.4, -0.2) is 16.1 Å². The van der Waals surface area contributed by atoms with Crippen LogP contribution in [0.15, 0.2) is 46.1 Å². The number of nitrogens with zero attached hydrogens (tertiary/aromatic N) is 2. The molecule has 0 radical (unpaired) electrons. The Morgan fingerprint density at radius 2 is 1.92 bits per heavy atom. The van der Waals surface area contributed by atoms with Gasteiger partial charge in [-0.3, -0.25) is 10.1 Å². The Morgan fingerprint density at radius 1 is 1.16 bits per heavy atom. The highest BCUT2D eigenvalue weighted by Gasteiger charge is 2.14. The highest BCUT2D eigenvalue weighted by Crippen LogP contribution is 2.29. The van der Waals surface area contributed by atoms with Crippen molar-refractivity contribution in [2.24, 2.45) is 0 Å². The van der Waals surface area contributed by atoms with Crippen molar-refractivity contribution in [1.82, 2.24) is 10.2 Å². The molecule has 0 bridgehead atoms. The number of thiophene rings is 1. The van der Waals surface area contributed by atoms with E-state index in [1.54, 1.807) is 17.8 Å². The third kappa shape index (κ3) is 4.90. The highest BCUT2D eigenvalue weighted by molar-refractivity contribution is 8.00. The topological polar surface area (TPSA) is 54.9 Å². The fourth-order valence-corrected chi connectivity index (χ4v) is 4.45. The minimum absolute atomic E-state index is 0.138. The number of carbonyl (C=O) groups is 1. The molecule has 7 heteroatoms. The van der Waals surface area contributed by atoms with Gasteiger partial charge < -0.3 is 0 Å². The van der Waals surface area contributed by atoms with Crippen LogP contribution in [0.4, 0.5) is 5.13 Å². The Bertz CT molecular complexity index is 833. The van der Waals surface area contributed by atoms with Crippen molar-refractivity contribution in [2.75, 3.05) is 5.32 Å². The van der Waals surface area contributed by atoms with Crippen LogP contribution < -0.4 is 5.32 Å². The summed E-state index contributed by atoms with van der Waals surface area (Å²) in [6.07, 6.45) is 0. The second-order valence-corrected chi connectivity index (χ2v) is 9.69. The summed E-state index contributed by atoms with van der Waals surface area (Å²) in [5.41, 5.74) is 2.74. The summed E-state index contributed by atoms with van der Waals surface area (Å²) in [6, 6.07) is 12.3. The Kier molecular flexibility index (Phi) is 5.56. The third-order valence-electron chi connectivity index (χ3n) is 3.55. The van der Waals surface area contributed by atoms with Crippen molar-refractivity contribution in [3.05, 3.63) is 57.8 Å². The van der Waals surface area contributed by atoms with E-state index in [2.05, 4.69) is 60.6 Å². The van der Waals surface area contributed by atoms with Crippen molar-refractivity contribution < 1.29 is 4.79 Å². The predicted octanol–water partition coefficient (Wildman–Crippen LogP) is 5.44. The van der Waals surface area contributed by atoms with Crippen LogP contribution in [-0.2, 0) is 11.2 Å². The molecular weight excluding hydrogens is 370 g/mol. The maximum absolute atomic E-state index is 12.0. The molecule has 1 aromatic carbocycles. The van der Waals surface area contributed by atoms with Gasteiger partial charge in [-0.2, -0.15) is 0 Å². The molecular formula is C18H19N3OS3. The molecule has 4 nitrogen and oxygen atoms in total. The van der Waals surface area contributed by atoms with Crippen LogP contribution in [0.2, 0.25) is 0 Å². The van der Waals surface area contributed by atoms with E-state index < -0.39 is 0 Å². The van der Waals surface area contributed by atoms with Crippen LogP contribution in [0, 0.1) is 0 Å². The van der Waals surface area contributed by atoms with Gasteiger partial charge in [0.1, 0.15) is 0 Å². The fraction of sp³-hybridized carbons (Fsp3) is 0.278. The number of rotatable bonds is 5. The summed E-state index contributed by atoms with van der Waals surface area (Å²) in [6.45, 7) is 6.64. The van der Waals surface area contributed by atoms with E-state index in [-0.39, 0.29) is 11.3 Å². The minimum atomic E-state index is -0.138. The van der Waals surface area contributed by atoms with Gasteiger partial charge in [-0.1, -0.05) is 74.2 Å². The molecule has 130 valence electrons. The average molecular weight is 390 g/mol. The van der Waals surface area contributed by atoms with Crippen LogP contribution in [0.1, 0.15) is 41.6 Å². The van der Waals surface area contributed by atoms with E-state index in [9.17, 15) is 4.79 Å². The maximum atomic E-state index is 12.0. The van der Waals surface area contributed by atoms with Gasteiger partial charge in [-0.25, -0.2) is 0 Å². The molecule has 3 aromatic rings. The molecule has 3 rings (SSSR count). The lowest BCUT2D eigenvalue weighted by atomic mass is 9.87. The lowest BCUT2D eigenvalue weighted by molar-refractivity contribution is 0.103. The van der Waals surface area contributed by atoms with Gasteiger partial charge in [0, 0.05) is 5.75 Å². The second kappa shape index (κ2) is 7.68. The second-order valence-electron chi connectivity index (χ2n) is 6.54. The lowest BCUT2D eigenvalue weighted by Gasteiger charge is -2.19. The molecule has 0 unspecified atom stereocenters. The number of hydrogen-bond acceptors (Lipinski definition) is 6. The monoisotopic (exact) mass is 389 g/mol. The molecule has 0 atom stereocenters. The number of thioether (sulfide) groups is 1. The van der Waals surface area contributed by atoms with Crippen LogP contribution >= 0.6 is 34.4 Å². The van der Waals surface area contributed by atoms with E-state index >= 15 is 0 Å². The Labute approximate surface area is 159 Å². The van der Waals surface area contributed by atoms with Crippen molar-refractivity contribution in [1.29, 1.82) is 0 Å². The molecule has 0 saturated heterocycles. The summed E-state index contributed by atoms with van der Waals surface area (Å²) in [4.78, 5) is 12.7. The van der Waals surface area contributed by atoms with Crippen molar-refractivity contribution >= 4 is 45.5 Å². The largest absolute Gasteiger partial charge is 0.296 e. The molecule has 0 spiro atoms. The molecule has 0 aliphatic rings. The standard InChI is InChI=1S/C18H19N3OS3/c1-18(2,3)13-8-6-12(7-9-13)11-24-17-21-20-16(25-17)19-15(22)14-5-4-10-23-14/h4-10H,11H2,1-3H3,(H,19,20,22). The van der Waals surface area contributed by atoms with Crippen LogP contribution in [0.25, 0.3) is 0 Å². The van der Waals surface area contributed by atoms with Crippen molar-refractivity contribution in [3.63, 3.8) is 0 Å². The first kappa shape index (κ1) is 18.1. The van der Waals surface area contributed by atoms with E-state index in [4.69, 9.17) is 0 Å². The number of aromatic nitrogens is 2. The summed E-state index contributed by atoms with van der Waals surface area (Å²) < 4.78 is 0.848. The number of amides is 1. The third-order valence-corrected chi connectivity index (χ3v) is 6.47. The Morgan fingerprint density at radius 3 is 2.56 bits per heavy atom. The number of carbonyl (C=O) groups excluding carboxylic acids is 1. The first-order valence-corrected chi connectivity index (χ1v) is 10.5. The Balaban J connectivity index is 1.56. The van der Waals surface area contributed by atoms with E-state index in [1.165, 1.54) is 33.8 Å². The quantitative estimate of drug-likeness (QED) is 0.466. The number of hydrogen-bond donors (Lipinski definition) is 1. The lowest BCUT2D eigenvalue weighted by Crippen LogP contribution is -2.10. The number of anilines is 1. The molecule has 2 heterocycles.